The zero-order valence-electron chi connectivity index (χ0n) is 27.4. The van der Waals surface area contributed by atoms with Crippen molar-refractivity contribution in [3.8, 4) is 0 Å². The van der Waals surface area contributed by atoms with Crippen molar-refractivity contribution in [1.82, 2.24) is 0 Å². The van der Waals surface area contributed by atoms with E-state index in [0.29, 0.717) is 13.2 Å². The molecule has 2 aliphatic carbocycles. The van der Waals surface area contributed by atoms with Gasteiger partial charge < -0.3 is 10.2 Å². The van der Waals surface area contributed by atoms with Gasteiger partial charge in [0.05, 0.1) is 0 Å². The molecule has 1 aromatic rings. The Labute approximate surface area is 236 Å². The van der Waals surface area contributed by atoms with Gasteiger partial charge in [0.25, 0.3) is 0 Å². The van der Waals surface area contributed by atoms with E-state index >= 15 is 0 Å². The minimum atomic E-state index is 0.266. The molecule has 0 spiro atoms. The third-order valence-electron chi connectivity index (χ3n) is 10.3. The van der Waals surface area contributed by atoms with Gasteiger partial charge in [-0.05, 0) is 144 Å². The first-order valence-corrected chi connectivity index (χ1v) is 15.6. The second kappa shape index (κ2) is 10.5. The molecule has 2 aliphatic rings. The highest BCUT2D eigenvalue weighted by Crippen LogP contribution is 2.60. The minimum Gasteiger partial charge on any atom is -0.396 e. The number of hydrogen-bond acceptors (Lipinski definition) is 2. The lowest BCUT2D eigenvalue weighted by atomic mass is 9.49. The van der Waals surface area contributed by atoms with Crippen LogP contribution in [0.1, 0.15) is 154 Å². The molecule has 2 N–H and O–H groups in total. The third-order valence-corrected chi connectivity index (χ3v) is 10.3. The Morgan fingerprint density at radius 1 is 0.579 bits per heavy atom. The van der Waals surface area contributed by atoms with Crippen molar-refractivity contribution in [2.45, 2.75) is 158 Å². The maximum Gasteiger partial charge on any atom is 0.0431 e. The predicted octanol–water partition coefficient (Wildman–Crippen LogP) is 9.14. The van der Waals surface area contributed by atoms with Gasteiger partial charge in [-0.3, -0.25) is 0 Å². The van der Waals surface area contributed by atoms with Crippen LogP contribution in [0, 0.1) is 35.5 Å². The molecule has 2 unspecified atom stereocenters. The Morgan fingerprint density at radius 2 is 0.895 bits per heavy atom. The normalized spacial score (nSPS) is 23.5. The summed E-state index contributed by atoms with van der Waals surface area (Å²) >= 11 is 0. The largest absolute Gasteiger partial charge is 0.396 e. The van der Waals surface area contributed by atoms with Crippen LogP contribution in [0.15, 0.2) is 0 Å². The third kappa shape index (κ3) is 6.54. The standard InChI is InChI=1S/C36H62O2/c1-25-27-19-36(12,24-34(9,10)22-32(5,6)16-14-18-38)30(27)26(2)28-20-35(11,29(25)28)23-33(7,8)21-31(3,4)15-13-17-37/h37-38H,13-24H2,1-12H3. The molecular formula is C36H62O2. The van der Waals surface area contributed by atoms with Crippen molar-refractivity contribution in [3.05, 3.63) is 33.4 Å². The van der Waals surface area contributed by atoms with Crippen LogP contribution in [-0.2, 0) is 23.7 Å². The second-order valence-corrected chi connectivity index (χ2v) is 17.5. The predicted molar refractivity (Wildman–Crippen MR) is 164 cm³/mol. The van der Waals surface area contributed by atoms with Gasteiger partial charge in [-0.15, -0.1) is 0 Å². The smallest absolute Gasteiger partial charge is 0.0431 e. The SMILES string of the molecule is Cc1c2c(c(C)c3c1C(C)(CC(C)(C)CC(C)(C)CCCO)C3)C(C)(CC(C)(C)CC(C)(C)CCCO)C2. The molecule has 3 rings (SSSR count). The van der Waals surface area contributed by atoms with Gasteiger partial charge in [-0.2, -0.15) is 0 Å². The van der Waals surface area contributed by atoms with E-state index in [1.807, 2.05) is 0 Å². The van der Waals surface area contributed by atoms with Crippen molar-refractivity contribution in [3.63, 3.8) is 0 Å². The highest BCUT2D eigenvalue weighted by atomic mass is 16.3. The van der Waals surface area contributed by atoms with Crippen molar-refractivity contribution >= 4 is 0 Å². The van der Waals surface area contributed by atoms with E-state index in [0.717, 1.165) is 25.7 Å². The number of rotatable bonds is 14. The number of aliphatic hydroxyl groups excluding tert-OH is 2. The van der Waals surface area contributed by atoms with Gasteiger partial charge in [-0.1, -0.05) is 69.2 Å². The van der Waals surface area contributed by atoms with E-state index in [4.69, 9.17) is 0 Å². The number of aliphatic hydroxyl groups is 2. The van der Waals surface area contributed by atoms with Crippen LogP contribution in [0.3, 0.4) is 0 Å². The zero-order valence-corrected chi connectivity index (χ0v) is 27.4. The summed E-state index contributed by atoms with van der Waals surface area (Å²) in [6, 6.07) is 0. The van der Waals surface area contributed by atoms with Gasteiger partial charge in [0, 0.05) is 13.2 Å². The lowest BCUT2D eigenvalue weighted by molar-refractivity contribution is 0.120. The number of benzene rings is 1. The number of fused-ring (bicyclic) bond motifs is 2. The highest BCUT2D eigenvalue weighted by Gasteiger charge is 2.51. The number of hydrogen-bond donors (Lipinski definition) is 2. The van der Waals surface area contributed by atoms with Crippen molar-refractivity contribution < 1.29 is 10.2 Å². The van der Waals surface area contributed by atoms with Gasteiger partial charge in [0.1, 0.15) is 0 Å². The summed E-state index contributed by atoms with van der Waals surface area (Å²) in [5.74, 6) is 0. The van der Waals surface area contributed by atoms with E-state index in [9.17, 15) is 10.2 Å². The molecule has 0 aliphatic heterocycles. The van der Waals surface area contributed by atoms with Crippen LogP contribution in [-0.4, -0.2) is 23.4 Å². The minimum absolute atomic E-state index is 0.266. The van der Waals surface area contributed by atoms with Gasteiger partial charge in [-0.25, -0.2) is 0 Å². The summed E-state index contributed by atoms with van der Waals surface area (Å²) in [4.78, 5) is 0. The topological polar surface area (TPSA) is 40.5 Å². The first-order chi connectivity index (χ1) is 17.2. The lowest BCUT2D eigenvalue weighted by Gasteiger charge is -2.55. The summed E-state index contributed by atoms with van der Waals surface area (Å²) in [5.41, 5.74) is 11.5. The van der Waals surface area contributed by atoms with Crippen LogP contribution in [0.5, 0.6) is 0 Å². The Balaban J connectivity index is 1.81. The Morgan fingerprint density at radius 3 is 1.18 bits per heavy atom. The average Bonchev–Trinajstić information content (AvgIpc) is 2.70. The summed E-state index contributed by atoms with van der Waals surface area (Å²) in [6.45, 7) is 30.0. The molecule has 1 aromatic carbocycles. The molecule has 0 saturated carbocycles. The zero-order chi connectivity index (χ0) is 28.9. The van der Waals surface area contributed by atoms with Crippen molar-refractivity contribution in [1.29, 1.82) is 0 Å². The van der Waals surface area contributed by atoms with Crippen LogP contribution in [0.4, 0.5) is 0 Å². The van der Waals surface area contributed by atoms with Gasteiger partial charge in [0.15, 0.2) is 0 Å². The average molecular weight is 527 g/mol. The van der Waals surface area contributed by atoms with E-state index < -0.39 is 0 Å². The Kier molecular flexibility index (Phi) is 8.76. The lowest BCUT2D eigenvalue weighted by Crippen LogP contribution is -2.48. The molecule has 0 radical (unpaired) electrons. The molecule has 2 nitrogen and oxygen atoms in total. The molecule has 0 bridgehead atoms. The van der Waals surface area contributed by atoms with Gasteiger partial charge >= 0.3 is 0 Å². The first kappa shape index (κ1) is 31.7. The summed E-state index contributed by atoms with van der Waals surface area (Å²) < 4.78 is 0. The maximum atomic E-state index is 9.35. The van der Waals surface area contributed by atoms with Crippen molar-refractivity contribution in [2.24, 2.45) is 21.7 Å². The first-order valence-electron chi connectivity index (χ1n) is 15.6. The monoisotopic (exact) mass is 526 g/mol. The van der Waals surface area contributed by atoms with Crippen LogP contribution < -0.4 is 0 Å². The van der Waals surface area contributed by atoms with E-state index in [2.05, 4.69) is 83.1 Å². The van der Waals surface area contributed by atoms with Crippen LogP contribution in [0.2, 0.25) is 0 Å². The molecule has 38 heavy (non-hydrogen) atoms. The van der Waals surface area contributed by atoms with E-state index in [1.54, 1.807) is 33.4 Å². The molecule has 0 saturated heterocycles. The molecule has 0 amide bonds. The molecule has 0 heterocycles. The quantitative estimate of drug-likeness (QED) is 0.254. The molecule has 2 heteroatoms. The molecular weight excluding hydrogens is 464 g/mol. The molecule has 218 valence electrons. The molecule has 0 aromatic heterocycles. The van der Waals surface area contributed by atoms with Crippen LogP contribution >= 0.6 is 0 Å². The molecule has 2 atom stereocenters. The highest BCUT2D eigenvalue weighted by molar-refractivity contribution is 5.65. The Bertz CT molecular complexity index is 913. The fourth-order valence-electron chi connectivity index (χ4n) is 10.4. The summed E-state index contributed by atoms with van der Waals surface area (Å²) in [7, 11) is 0. The van der Waals surface area contributed by atoms with Crippen molar-refractivity contribution in [2.75, 3.05) is 13.2 Å². The summed E-state index contributed by atoms with van der Waals surface area (Å²) in [5, 5.41) is 18.7. The van der Waals surface area contributed by atoms with E-state index in [-0.39, 0.29) is 32.5 Å². The fourth-order valence-corrected chi connectivity index (χ4v) is 10.4. The van der Waals surface area contributed by atoms with E-state index in [1.165, 1.54) is 38.5 Å². The second-order valence-electron chi connectivity index (χ2n) is 17.5. The van der Waals surface area contributed by atoms with Gasteiger partial charge in [0.2, 0.25) is 0 Å². The van der Waals surface area contributed by atoms with Crippen LogP contribution in [0.25, 0.3) is 0 Å². The molecule has 0 fully saturated rings. The maximum absolute atomic E-state index is 9.35. The Hall–Kier alpha value is -0.860. The fraction of sp³-hybridized carbons (Fsp3) is 0.833. The summed E-state index contributed by atoms with van der Waals surface area (Å²) in [6.07, 6.45) is 11.3.